The van der Waals surface area contributed by atoms with Crippen LogP contribution in [-0.2, 0) is 6.42 Å². The lowest BCUT2D eigenvalue weighted by Gasteiger charge is -2.12. The summed E-state index contributed by atoms with van der Waals surface area (Å²) in [7, 11) is 0. The highest BCUT2D eigenvalue weighted by molar-refractivity contribution is 7.80. The Labute approximate surface area is 144 Å². The number of aryl methyl sites for hydroxylation is 1. The van der Waals surface area contributed by atoms with Crippen LogP contribution in [0.2, 0.25) is 0 Å². The highest BCUT2D eigenvalue weighted by atomic mass is 32.1. The van der Waals surface area contributed by atoms with Crippen LogP contribution in [0.3, 0.4) is 0 Å². The second kappa shape index (κ2) is 9.85. The molecule has 0 aliphatic carbocycles. The topological polar surface area (TPSA) is 33.3 Å². The van der Waals surface area contributed by atoms with Crippen molar-refractivity contribution in [3.05, 3.63) is 60.2 Å². The third-order valence-electron chi connectivity index (χ3n) is 3.37. The molecular weight excluding hydrogens is 304 g/mol. The summed E-state index contributed by atoms with van der Waals surface area (Å²) in [5, 5.41) is 7.08. The Hall–Kier alpha value is -2.07. The molecule has 0 radical (unpaired) electrons. The first-order valence-electron chi connectivity index (χ1n) is 8.10. The van der Waals surface area contributed by atoms with Gasteiger partial charge in [-0.25, -0.2) is 0 Å². The van der Waals surface area contributed by atoms with Crippen molar-refractivity contribution in [3.63, 3.8) is 0 Å². The highest BCUT2D eigenvalue weighted by Crippen LogP contribution is 2.19. The lowest BCUT2D eigenvalue weighted by molar-refractivity contribution is 0.314. The number of nitrogens with one attached hydrogen (secondary N) is 2. The third-order valence-corrected chi connectivity index (χ3v) is 3.62. The number of ether oxygens (including phenoxy) is 1. The van der Waals surface area contributed by atoms with E-state index in [9.17, 15) is 0 Å². The lowest BCUT2D eigenvalue weighted by atomic mass is 10.1. The zero-order valence-corrected chi connectivity index (χ0v) is 14.4. The zero-order chi connectivity index (χ0) is 16.3. The molecule has 0 heterocycles. The van der Waals surface area contributed by atoms with Gasteiger partial charge in [-0.1, -0.05) is 43.3 Å². The monoisotopic (exact) mass is 328 g/mol. The van der Waals surface area contributed by atoms with Crippen molar-refractivity contribution in [1.82, 2.24) is 5.32 Å². The van der Waals surface area contributed by atoms with E-state index in [1.165, 1.54) is 5.56 Å². The summed E-state index contributed by atoms with van der Waals surface area (Å²) >= 11 is 5.30. The molecule has 0 aliphatic heterocycles. The zero-order valence-electron chi connectivity index (χ0n) is 13.5. The first-order chi connectivity index (χ1) is 11.3. The van der Waals surface area contributed by atoms with E-state index in [0.29, 0.717) is 5.11 Å². The first-order valence-corrected chi connectivity index (χ1v) is 8.51. The Bertz CT molecular complexity index is 601. The van der Waals surface area contributed by atoms with Gasteiger partial charge in [-0.3, -0.25) is 0 Å². The summed E-state index contributed by atoms with van der Waals surface area (Å²) in [6, 6.07) is 18.2. The number of rotatable bonds is 8. The summed E-state index contributed by atoms with van der Waals surface area (Å²) in [6.07, 6.45) is 3.00. The summed E-state index contributed by atoms with van der Waals surface area (Å²) in [6.45, 7) is 3.72. The van der Waals surface area contributed by atoms with Gasteiger partial charge in [-0.15, -0.1) is 0 Å². The quantitative estimate of drug-likeness (QED) is 0.556. The molecule has 2 N–H and O–H groups in total. The van der Waals surface area contributed by atoms with E-state index >= 15 is 0 Å². The van der Waals surface area contributed by atoms with E-state index in [1.54, 1.807) is 0 Å². The second-order valence-corrected chi connectivity index (χ2v) is 5.71. The van der Waals surface area contributed by atoms with Crippen LogP contribution in [0.4, 0.5) is 5.69 Å². The van der Waals surface area contributed by atoms with E-state index in [1.807, 2.05) is 42.5 Å². The number of hydrogen-bond donors (Lipinski definition) is 2. The average molecular weight is 328 g/mol. The largest absolute Gasteiger partial charge is 0.493 e. The maximum absolute atomic E-state index is 5.78. The molecule has 23 heavy (non-hydrogen) atoms. The fourth-order valence-electron chi connectivity index (χ4n) is 2.24. The van der Waals surface area contributed by atoms with Crippen molar-refractivity contribution in [2.24, 2.45) is 0 Å². The average Bonchev–Trinajstić information content (AvgIpc) is 2.58. The predicted molar refractivity (Wildman–Crippen MR) is 101 cm³/mol. The third kappa shape index (κ3) is 6.28. The number of benzene rings is 2. The van der Waals surface area contributed by atoms with Gasteiger partial charge in [0.05, 0.1) is 6.61 Å². The molecule has 2 aromatic rings. The molecule has 3 nitrogen and oxygen atoms in total. The highest BCUT2D eigenvalue weighted by Gasteiger charge is 2.03. The maximum atomic E-state index is 5.78. The van der Waals surface area contributed by atoms with Crippen LogP contribution in [0.5, 0.6) is 5.75 Å². The molecule has 122 valence electrons. The minimum atomic E-state index is 0.659. The van der Waals surface area contributed by atoms with Crippen molar-refractivity contribution in [2.75, 3.05) is 18.5 Å². The van der Waals surface area contributed by atoms with Crippen LogP contribution in [0.1, 0.15) is 25.3 Å². The molecule has 0 aromatic heterocycles. The Morgan fingerprint density at radius 1 is 1.04 bits per heavy atom. The number of thiocarbonyl (C=S) groups is 1. The van der Waals surface area contributed by atoms with Crippen molar-refractivity contribution < 1.29 is 4.74 Å². The summed E-state index contributed by atoms with van der Waals surface area (Å²) < 4.78 is 5.78. The van der Waals surface area contributed by atoms with Crippen molar-refractivity contribution in [2.45, 2.75) is 26.2 Å². The smallest absolute Gasteiger partial charge is 0.170 e. The van der Waals surface area contributed by atoms with Crippen LogP contribution < -0.4 is 15.4 Å². The van der Waals surface area contributed by atoms with Gasteiger partial charge in [0.25, 0.3) is 0 Å². The minimum Gasteiger partial charge on any atom is -0.493 e. The molecule has 0 fully saturated rings. The van der Waals surface area contributed by atoms with Gasteiger partial charge in [0.15, 0.2) is 5.11 Å². The van der Waals surface area contributed by atoms with E-state index in [2.05, 4.69) is 29.7 Å². The Balaban J connectivity index is 1.72. The van der Waals surface area contributed by atoms with Crippen LogP contribution in [0, 0.1) is 0 Å². The molecule has 0 spiro atoms. The molecule has 2 aromatic carbocycles. The second-order valence-electron chi connectivity index (χ2n) is 5.31. The van der Waals surface area contributed by atoms with E-state index < -0.39 is 0 Å². The van der Waals surface area contributed by atoms with Crippen LogP contribution in [-0.4, -0.2) is 18.3 Å². The van der Waals surface area contributed by atoms with E-state index in [-0.39, 0.29) is 0 Å². The molecule has 0 bridgehead atoms. The molecule has 2 rings (SSSR count). The van der Waals surface area contributed by atoms with Gasteiger partial charge in [0.2, 0.25) is 0 Å². The van der Waals surface area contributed by atoms with Gasteiger partial charge < -0.3 is 15.4 Å². The van der Waals surface area contributed by atoms with Gasteiger partial charge in [0.1, 0.15) is 5.75 Å². The molecule has 0 aliphatic rings. The molecule has 0 unspecified atom stereocenters. The van der Waals surface area contributed by atoms with Crippen LogP contribution in [0.25, 0.3) is 0 Å². The van der Waals surface area contributed by atoms with Crippen LogP contribution >= 0.6 is 12.2 Å². The Morgan fingerprint density at radius 3 is 2.57 bits per heavy atom. The Morgan fingerprint density at radius 2 is 1.78 bits per heavy atom. The summed E-state index contributed by atoms with van der Waals surface area (Å²) in [5.74, 6) is 0.999. The lowest BCUT2D eigenvalue weighted by Crippen LogP contribution is -2.29. The van der Waals surface area contributed by atoms with Gasteiger partial charge in [0, 0.05) is 12.2 Å². The number of hydrogen-bond acceptors (Lipinski definition) is 2. The van der Waals surface area contributed by atoms with Gasteiger partial charge >= 0.3 is 0 Å². The maximum Gasteiger partial charge on any atom is 0.170 e. The normalized spacial score (nSPS) is 10.1. The molecule has 0 atom stereocenters. The van der Waals surface area contributed by atoms with E-state index in [4.69, 9.17) is 17.0 Å². The Kier molecular flexibility index (Phi) is 7.40. The number of para-hydroxylation sites is 2. The fourth-order valence-corrected chi connectivity index (χ4v) is 2.46. The van der Waals surface area contributed by atoms with Gasteiger partial charge in [-0.2, -0.15) is 0 Å². The van der Waals surface area contributed by atoms with Crippen molar-refractivity contribution >= 4 is 23.0 Å². The fraction of sp³-hybridized carbons (Fsp3) is 0.316. The van der Waals surface area contributed by atoms with Crippen molar-refractivity contribution in [3.8, 4) is 5.75 Å². The predicted octanol–water partition coefficient (Wildman–Crippen LogP) is 4.39. The molecule has 0 saturated carbocycles. The SMILES string of the molecule is CCCOc1ccccc1CCCNC(=S)Nc1ccccc1. The first kappa shape index (κ1) is 17.3. The molecule has 0 amide bonds. The van der Waals surface area contributed by atoms with Crippen molar-refractivity contribution in [1.29, 1.82) is 0 Å². The molecule has 4 heteroatoms. The van der Waals surface area contributed by atoms with E-state index in [0.717, 1.165) is 43.9 Å². The molecule has 0 saturated heterocycles. The van der Waals surface area contributed by atoms with Gasteiger partial charge in [-0.05, 0) is 55.2 Å². The number of anilines is 1. The summed E-state index contributed by atoms with van der Waals surface area (Å²) in [5.41, 5.74) is 2.26. The molecular formula is C19H24N2OS. The van der Waals surface area contributed by atoms with Crippen LogP contribution in [0.15, 0.2) is 54.6 Å². The summed E-state index contributed by atoms with van der Waals surface area (Å²) in [4.78, 5) is 0. The standard InChI is InChI=1S/C19H24N2OS/c1-2-15-22-18-13-7-6-9-16(18)10-8-14-20-19(23)21-17-11-4-3-5-12-17/h3-7,9,11-13H,2,8,10,14-15H2,1H3,(H2,20,21,23). The minimum absolute atomic E-state index is 0.659.